The number of esters is 1. The van der Waals surface area contributed by atoms with E-state index >= 15 is 0 Å². The van der Waals surface area contributed by atoms with Crippen molar-refractivity contribution in [1.29, 1.82) is 5.26 Å². The van der Waals surface area contributed by atoms with Crippen LogP contribution in [-0.2, 0) is 14.3 Å². The molecule has 25 heavy (non-hydrogen) atoms. The van der Waals surface area contributed by atoms with Crippen molar-refractivity contribution in [2.24, 2.45) is 0 Å². The number of anilines is 1. The largest absolute Gasteiger partial charge is 0.479 e. The Bertz CT molecular complexity index is 811. The molecule has 0 aliphatic carbocycles. The summed E-state index contributed by atoms with van der Waals surface area (Å²) in [5, 5.41) is 11.4. The highest BCUT2D eigenvalue weighted by atomic mass is 16.6. The fourth-order valence-corrected chi connectivity index (χ4v) is 2.06. The normalized spacial score (nSPS) is 11.1. The number of nitriles is 1. The van der Waals surface area contributed by atoms with Gasteiger partial charge in [-0.1, -0.05) is 18.2 Å². The van der Waals surface area contributed by atoms with E-state index in [2.05, 4.69) is 5.32 Å². The molecule has 2 aromatic carbocycles. The van der Waals surface area contributed by atoms with Gasteiger partial charge in [-0.3, -0.25) is 4.79 Å². The van der Waals surface area contributed by atoms with Crippen molar-refractivity contribution in [2.45, 2.75) is 20.0 Å². The zero-order valence-electron chi connectivity index (χ0n) is 14.0. The van der Waals surface area contributed by atoms with Gasteiger partial charge in [-0.2, -0.15) is 5.26 Å². The lowest BCUT2D eigenvalue weighted by Crippen LogP contribution is -2.29. The van der Waals surface area contributed by atoms with Crippen LogP contribution in [0.5, 0.6) is 5.75 Å². The molecule has 2 aromatic rings. The van der Waals surface area contributed by atoms with Crippen LogP contribution in [0.15, 0.2) is 48.5 Å². The fraction of sp³-hybridized carbons (Fsp3) is 0.211. The van der Waals surface area contributed by atoms with Gasteiger partial charge in [0.2, 0.25) is 0 Å². The maximum atomic E-state index is 11.9. The average molecular weight is 338 g/mol. The number of hydrogen-bond donors (Lipinski definition) is 1. The van der Waals surface area contributed by atoms with E-state index < -0.39 is 24.6 Å². The zero-order chi connectivity index (χ0) is 18.2. The maximum Gasteiger partial charge on any atom is 0.347 e. The van der Waals surface area contributed by atoms with E-state index in [1.807, 2.05) is 25.1 Å². The summed E-state index contributed by atoms with van der Waals surface area (Å²) < 4.78 is 10.5. The number of hydrogen-bond acceptors (Lipinski definition) is 5. The number of benzene rings is 2. The first-order valence-electron chi connectivity index (χ1n) is 7.68. The van der Waals surface area contributed by atoms with Crippen LogP contribution in [-0.4, -0.2) is 24.6 Å². The van der Waals surface area contributed by atoms with Gasteiger partial charge in [0.25, 0.3) is 5.91 Å². The third kappa shape index (κ3) is 5.66. The minimum atomic E-state index is -0.837. The molecule has 0 radical (unpaired) electrons. The molecule has 0 aliphatic rings. The standard InChI is InChI=1S/C19H18N2O4/c1-13-5-3-8-17(9-13)25-14(2)19(23)24-12-18(22)21-16-7-4-6-15(10-16)11-20/h3-10,14H,12H2,1-2H3,(H,21,22)/t14-/m0/s1. The quantitative estimate of drug-likeness (QED) is 0.818. The number of ether oxygens (including phenoxy) is 2. The summed E-state index contributed by atoms with van der Waals surface area (Å²) in [6.07, 6.45) is -0.837. The summed E-state index contributed by atoms with van der Waals surface area (Å²) >= 11 is 0. The lowest BCUT2D eigenvalue weighted by molar-refractivity contribution is -0.153. The SMILES string of the molecule is Cc1cccc(O[C@@H](C)C(=O)OCC(=O)Nc2cccc(C#N)c2)c1. The minimum Gasteiger partial charge on any atom is -0.479 e. The lowest BCUT2D eigenvalue weighted by Gasteiger charge is -2.14. The van der Waals surface area contributed by atoms with Crippen LogP contribution < -0.4 is 10.1 Å². The van der Waals surface area contributed by atoms with Crippen molar-refractivity contribution in [2.75, 3.05) is 11.9 Å². The van der Waals surface area contributed by atoms with Gasteiger partial charge in [0.1, 0.15) is 5.75 Å². The molecule has 0 bridgehead atoms. The summed E-state index contributed by atoms with van der Waals surface area (Å²) in [4.78, 5) is 23.7. The summed E-state index contributed by atoms with van der Waals surface area (Å²) in [7, 11) is 0. The van der Waals surface area contributed by atoms with Crippen molar-refractivity contribution in [3.63, 3.8) is 0 Å². The average Bonchev–Trinajstić information content (AvgIpc) is 2.59. The van der Waals surface area contributed by atoms with Gasteiger partial charge in [0, 0.05) is 5.69 Å². The molecular formula is C19H18N2O4. The number of nitrogens with one attached hydrogen (secondary N) is 1. The predicted molar refractivity (Wildman–Crippen MR) is 92.0 cm³/mol. The van der Waals surface area contributed by atoms with Crippen molar-refractivity contribution in [3.05, 3.63) is 59.7 Å². The highest BCUT2D eigenvalue weighted by molar-refractivity contribution is 5.93. The fourth-order valence-electron chi connectivity index (χ4n) is 2.06. The van der Waals surface area contributed by atoms with Crippen molar-refractivity contribution in [3.8, 4) is 11.8 Å². The van der Waals surface area contributed by atoms with E-state index in [0.29, 0.717) is 17.0 Å². The molecule has 1 atom stereocenters. The minimum absolute atomic E-state index is 0.426. The molecule has 1 amide bonds. The van der Waals surface area contributed by atoms with Crippen molar-refractivity contribution < 1.29 is 19.1 Å². The Morgan fingerprint density at radius 2 is 1.96 bits per heavy atom. The van der Waals surface area contributed by atoms with E-state index in [1.54, 1.807) is 37.3 Å². The van der Waals surface area contributed by atoms with Crippen LogP contribution in [0.4, 0.5) is 5.69 Å². The molecule has 0 aliphatic heterocycles. The molecule has 0 aromatic heterocycles. The highest BCUT2D eigenvalue weighted by Crippen LogP contribution is 2.14. The molecule has 0 heterocycles. The van der Waals surface area contributed by atoms with Crippen molar-refractivity contribution >= 4 is 17.6 Å². The van der Waals surface area contributed by atoms with Crippen LogP contribution >= 0.6 is 0 Å². The molecular weight excluding hydrogens is 320 g/mol. The number of amides is 1. The predicted octanol–water partition coefficient (Wildman–Crippen LogP) is 2.82. The first-order chi connectivity index (χ1) is 12.0. The molecule has 0 saturated carbocycles. The first-order valence-corrected chi connectivity index (χ1v) is 7.68. The molecule has 128 valence electrons. The van der Waals surface area contributed by atoms with Crippen molar-refractivity contribution in [1.82, 2.24) is 0 Å². The molecule has 0 fully saturated rings. The van der Waals surface area contributed by atoms with Gasteiger partial charge in [0.05, 0.1) is 11.6 Å². The van der Waals surface area contributed by atoms with E-state index in [0.717, 1.165) is 5.56 Å². The van der Waals surface area contributed by atoms with E-state index in [9.17, 15) is 9.59 Å². The van der Waals surface area contributed by atoms with Gasteiger partial charge in [0.15, 0.2) is 12.7 Å². The van der Waals surface area contributed by atoms with Gasteiger partial charge >= 0.3 is 5.97 Å². The molecule has 0 unspecified atom stereocenters. The zero-order valence-corrected chi connectivity index (χ0v) is 14.0. The Balaban J connectivity index is 1.82. The Morgan fingerprint density at radius 3 is 2.68 bits per heavy atom. The summed E-state index contributed by atoms with van der Waals surface area (Å²) in [6.45, 7) is 3.04. The van der Waals surface area contributed by atoms with Gasteiger partial charge in [-0.15, -0.1) is 0 Å². The number of rotatable bonds is 6. The second-order valence-electron chi connectivity index (χ2n) is 5.43. The smallest absolute Gasteiger partial charge is 0.347 e. The Labute approximate surface area is 146 Å². The van der Waals surface area contributed by atoms with E-state index in [-0.39, 0.29) is 0 Å². The van der Waals surface area contributed by atoms with E-state index in [1.165, 1.54) is 6.07 Å². The summed E-state index contributed by atoms with van der Waals surface area (Å²) in [6, 6.07) is 15.7. The van der Waals surface area contributed by atoms with Crippen LogP contribution in [0.2, 0.25) is 0 Å². The topological polar surface area (TPSA) is 88.4 Å². The summed E-state index contributed by atoms with van der Waals surface area (Å²) in [5.41, 5.74) is 1.90. The second-order valence-corrected chi connectivity index (χ2v) is 5.43. The Kier molecular flexibility index (Phi) is 6.13. The van der Waals surface area contributed by atoms with Gasteiger partial charge < -0.3 is 14.8 Å². The highest BCUT2D eigenvalue weighted by Gasteiger charge is 2.18. The lowest BCUT2D eigenvalue weighted by atomic mass is 10.2. The number of aryl methyl sites for hydroxylation is 1. The van der Waals surface area contributed by atoms with Gasteiger partial charge in [-0.25, -0.2) is 4.79 Å². The maximum absolute atomic E-state index is 11.9. The van der Waals surface area contributed by atoms with Gasteiger partial charge in [-0.05, 0) is 49.7 Å². The van der Waals surface area contributed by atoms with E-state index in [4.69, 9.17) is 14.7 Å². The molecule has 0 saturated heterocycles. The molecule has 0 spiro atoms. The van der Waals surface area contributed by atoms with Crippen LogP contribution in [0, 0.1) is 18.3 Å². The molecule has 1 N–H and O–H groups in total. The first kappa shape index (κ1) is 18.0. The monoisotopic (exact) mass is 338 g/mol. The van der Waals surface area contributed by atoms with Crippen LogP contribution in [0.1, 0.15) is 18.1 Å². The molecule has 6 nitrogen and oxygen atoms in total. The summed E-state index contributed by atoms with van der Waals surface area (Å²) in [5.74, 6) is -0.573. The third-order valence-corrected chi connectivity index (χ3v) is 3.26. The third-order valence-electron chi connectivity index (χ3n) is 3.26. The molecule has 2 rings (SSSR count). The number of nitrogens with zero attached hydrogens (tertiary/aromatic N) is 1. The number of carbonyl (C=O) groups is 2. The Morgan fingerprint density at radius 1 is 1.20 bits per heavy atom. The van der Waals surface area contributed by atoms with Crippen LogP contribution in [0.25, 0.3) is 0 Å². The molecule has 6 heteroatoms. The number of carbonyl (C=O) groups excluding carboxylic acids is 2. The van der Waals surface area contributed by atoms with Crippen LogP contribution in [0.3, 0.4) is 0 Å². The Hall–Kier alpha value is -3.33. The second kappa shape index (κ2) is 8.50.